The first-order valence-electron chi connectivity index (χ1n) is 25.9. The summed E-state index contributed by atoms with van der Waals surface area (Å²) >= 11 is 0. The summed E-state index contributed by atoms with van der Waals surface area (Å²) in [5, 5.41) is 82.9. The number of esters is 2. The van der Waals surface area contributed by atoms with Crippen LogP contribution in [0.5, 0.6) is 0 Å². The predicted octanol–water partition coefficient (Wildman–Crippen LogP) is 5.94. The van der Waals surface area contributed by atoms with Crippen LogP contribution in [0.3, 0.4) is 0 Å². The van der Waals surface area contributed by atoms with E-state index in [4.69, 9.17) is 28.0 Å². The Balaban J connectivity index is 1.93. The molecule has 0 spiro atoms. The molecule has 0 amide bonds. The molecule has 1 aliphatic heterocycles. The maximum absolute atomic E-state index is 13.4. The fourth-order valence-electron chi connectivity index (χ4n) is 8.53. The Labute approximate surface area is 400 Å². The molecule has 9 N–H and O–H groups in total. The van der Waals surface area contributed by atoms with Gasteiger partial charge in [0.05, 0.1) is 13.2 Å². The zero-order valence-corrected chi connectivity index (χ0v) is 41.6. The molecule has 2 aliphatic rings. The zero-order valence-electron chi connectivity index (χ0n) is 40.7. The Morgan fingerprint density at radius 1 is 0.507 bits per heavy atom. The molecule has 396 valence electrons. The number of rotatable bonds is 40. The third-order valence-corrected chi connectivity index (χ3v) is 13.8. The lowest BCUT2D eigenvalue weighted by Crippen LogP contribution is -2.67. The fourth-order valence-corrected chi connectivity index (χ4v) is 9.50. The number of phosphoric acid groups is 1. The molecular weight excluding hydrogens is 895 g/mol. The Kier molecular flexibility index (Phi) is 33.7. The van der Waals surface area contributed by atoms with Crippen molar-refractivity contribution in [2.45, 2.75) is 273 Å². The largest absolute Gasteiger partial charge is 0.472 e. The van der Waals surface area contributed by atoms with Crippen molar-refractivity contribution < 1.29 is 87.9 Å². The second-order valence-electron chi connectivity index (χ2n) is 18.7. The number of hydrogen-bond donors (Lipinski definition) is 9. The van der Waals surface area contributed by atoms with Gasteiger partial charge < -0.3 is 64.7 Å². The number of unbranched alkanes of at least 4 members (excludes halogenated alkanes) is 25. The summed E-state index contributed by atoms with van der Waals surface area (Å²) in [4.78, 5) is 36.5. The lowest BCUT2D eigenvalue weighted by Gasteiger charge is -2.47. The molecule has 0 bridgehead atoms. The van der Waals surface area contributed by atoms with Crippen LogP contribution in [-0.2, 0) is 42.1 Å². The lowest BCUT2D eigenvalue weighted by molar-refractivity contribution is -0.338. The van der Waals surface area contributed by atoms with Crippen LogP contribution >= 0.6 is 7.82 Å². The molecule has 0 aromatic rings. The molecule has 0 aromatic carbocycles. The van der Waals surface area contributed by atoms with Gasteiger partial charge in [-0.15, -0.1) is 0 Å². The van der Waals surface area contributed by atoms with Crippen molar-refractivity contribution >= 4 is 19.8 Å². The van der Waals surface area contributed by atoms with Crippen molar-refractivity contribution in [2.75, 3.05) is 19.8 Å². The highest BCUT2D eigenvalue weighted by atomic mass is 31.2. The summed E-state index contributed by atoms with van der Waals surface area (Å²) in [7, 11) is -5.37. The average Bonchev–Trinajstić information content (AvgIpc) is 3.31. The summed E-state index contributed by atoms with van der Waals surface area (Å²) in [6.45, 7) is 2.24. The molecule has 1 aliphatic carbocycles. The monoisotopic (exact) mass is 987 g/mol. The van der Waals surface area contributed by atoms with E-state index >= 15 is 0 Å². The topological polar surface area (TPSA) is 289 Å². The van der Waals surface area contributed by atoms with Gasteiger partial charge in [0.1, 0.15) is 67.6 Å². The zero-order chi connectivity index (χ0) is 49.5. The number of aliphatic hydroxyl groups excluding tert-OH is 8. The van der Waals surface area contributed by atoms with Gasteiger partial charge in [0.15, 0.2) is 12.4 Å². The number of ether oxygens (including phenoxy) is 4. The van der Waals surface area contributed by atoms with Gasteiger partial charge in [0.2, 0.25) is 0 Å². The van der Waals surface area contributed by atoms with Gasteiger partial charge in [-0.25, -0.2) is 4.57 Å². The fraction of sp³-hybridized carbons (Fsp3) is 0.958. The van der Waals surface area contributed by atoms with Crippen molar-refractivity contribution in [3.05, 3.63) is 0 Å². The molecule has 13 unspecified atom stereocenters. The molecule has 1 saturated heterocycles. The van der Waals surface area contributed by atoms with E-state index in [0.29, 0.717) is 12.8 Å². The Hall–Kier alpha value is -1.35. The third kappa shape index (κ3) is 25.6. The minimum absolute atomic E-state index is 0.0393. The standard InChI is InChI=1S/C48H91O18P/c1-3-5-7-9-11-13-15-17-18-19-21-22-24-26-28-30-37(50)61-33-35(63-38(51)31-29-27-25-23-20-16-14-12-10-8-6-4-2)34-62-67(59,60)66-47-44(57)42(55)41(54)43(56)46(47)65-48-45(58)40(53)39(52)36(32-49)64-48/h35-36,39-49,52-58H,3-34H2,1-2H3,(H,59,60). The highest BCUT2D eigenvalue weighted by molar-refractivity contribution is 7.47. The Morgan fingerprint density at radius 2 is 0.896 bits per heavy atom. The normalized spacial score (nSPS) is 28.0. The van der Waals surface area contributed by atoms with Gasteiger partial charge in [-0.2, -0.15) is 0 Å². The summed E-state index contributed by atoms with van der Waals surface area (Å²) in [5.74, 6) is -1.20. The van der Waals surface area contributed by atoms with Crippen molar-refractivity contribution in [3.63, 3.8) is 0 Å². The van der Waals surface area contributed by atoms with Crippen LogP contribution in [0.2, 0.25) is 0 Å². The van der Waals surface area contributed by atoms with E-state index in [1.54, 1.807) is 0 Å². The summed E-state index contributed by atoms with van der Waals surface area (Å²) < 4.78 is 45.5. The van der Waals surface area contributed by atoms with Gasteiger partial charge >= 0.3 is 19.8 Å². The van der Waals surface area contributed by atoms with Gasteiger partial charge in [0.25, 0.3) is 0 Å². The number of carbonyl (C=O) groups excluding carboxylic acids is 2. The van der Waals surface area contributed by atoms with Crippen LogP contribution in [-0.4, -0.2) is 151 Å². The van der Waals surface area contributed by atoms with Crippen LogP contribution in [0.1, 0.15) is 200 Å². The Morgan fingerprint density at radius 3 is 1.33 bits per heavy atom. The van der Waals surface area contributed by atoms with Crippen LogP contribution in [0, 0.1) is 0 Å². The molecule has 2 fully saturated rings. The summed E-state index contributed by atoms with van der Waals surface area (Å²) in [6.07, 6.45) is 7.58. The van der Waals surface area contributed by atoms with Crippen molar-refractivity contribution in [3.8, 4) is 0 Å². The lowest BCUT2D eigenvalue weighted by atomic mass is 9.84. The van der Waals surface area contributed by atoms with Gasteiger partial charge in [0, 0.05) is 12.8 Å². The molecule has 2 rings (SSSR count). The summed E-state index contributed by atoms with van der Waals surface area (Å²) in [6, 6.07) is 0. The average molecular weight is 987 g/mol. The Bertz CT molecular complexity index is 1310. The van der Waals surface area contributed by atoms with Crippen molar-refractivity contribution in [1.82, 2.24) is 0 Å². The molecule has 1 saturated carbocycles. The van der Waals surface area contributed by atoms with E-state index < -0.39 is 113 Å². The summed E-state index contributed by atoms with van der Waals surface area (Å²) in [5.41, 5.74) is 0. The number of phosphoric ester groups is 1. The first kappa shape index (κ1) is 61.8. The number of carbonyl (C=O) groups is 2. The van der Waals surface area contributed by atoms with Crippen molar-refractivity contribution in [1.29, 1.82) is 0 Å². The smallest absolute Gasteiger partial charge is 0.462 e. The van der Waals surface area contributed by atoms with Gasteiger partial charge in [-0.05, 0) is 12.8 Å². The molecule has 18 nitrogen and oxygen atoms in total. The van der Waals surface area contributed by atoms with E-state index in [-0.39, 0.29) is 12.8 Å². The van der Waals surface area contributed by atoms with Crippen LogP contribution in [0.25, 0.3) is 0 Å². The van der Waals surface area contributed by atoms with Crippen molar-refractivity contribution in [2.24, 2.45) is 0 Å². The van der Waals surface area contributed by atoms with Crippen LogP contribution < -0.4 is 0 Å². The molecule has 1 heterocycles. The van der Waals surface area contributed by atoms with Crippen LogP contribution in [0.4, 0.5) is 0 Å². The molecule has 19 heteroatoms. The minimum atomic E-state index is -5.37. The molecule has 0 aromatic heterocycles. The highest BCUT2D eigenvalue weighted by Gasteiger charge is 2.55. The second kappa shape index (κ2) is 36.6. The van der Waals surface area contributed by atoms with Gasteiger partial charge in [-0.3, -0.25) is 18.6 Å². The van der Waals surface area contributed by atoms with E-state index in [2.05, 4.69) is 13.8 Å². The van der Waals surface area contributed by atoms with E-state index in [0.717, 1.165) is 51.4 Å². The van der Waals surface area contributed by atoms with E-state index in [1.165, 1.54) is 109 Å². The molecule has 67 heavy (non-hydrogen) atoms. The highest BCUT2D eigenvalue weighted by Crippen LogP contribution is 2.48. The number of aliphatic hydroxyl groups is 8. The molecule has 0 radical (unpaired) electrons. The quantitative estimate of drug-likeness (QED) is 0.0195. The third-order valence-electron chi connectivity index (χ3n) is 12.8. The first-order valence-corrected chi connectivity index (χ1v) is 27.4. The van der Waals surface area contributed by atoms with Gasteiger partial charge in [-0.1, -0.05) is 174 Å². The maximum Gasteiger partial charge on any atom is 0.472 e. The predicted molar refractivity (Wildman–Crippen MR) is 249 cm³/mol. The van der Waals surface area contributed by atoms with E-state index in [1.807, 2.05) is 0 Å². The first-order chi connectivity index (χ1) is 32.2. The molecule has 13 atom stereocenters. The van der Waals surface area contributed by atoms with Crippen LogP contribution in [0.15, 0.2) is 0 Å². The second-order valence-corrected chi connectivity index (χ2v) is 20.1. The van der Waals surface area contributed by atoms with E-state index in [9.17, 15) is 59.9 Å². The minimum Gasteiger partial charge on any atom is -0.462 e. The SMILES string of the molecule is CCCCCCCCCCCCCCCCCC(=O)OCC(COP(=O)(O)OC1C(O)C(O)C(O)C(O)C1OC1OC(CO)C(O)C(O)C1O)OC(=O)CCCCCCCCCCCCCC. The maximum atomic E-state index is 13.4. The molecular formula is C48H91O18P. The number of hydrogen-bond acceptors (Lipinski definition) is 17.